The molecular weight excluding hydrogens is 170 g/mol. The Hall–Kier alpha value is -0.770. The molecule has 13 heavy (non-hydrogen) atoms. The first kappa shape index (κ1) is 12.2. The van der Waals surface area contributed by atoms with Crippen molar-refractivity contribution in [1.82, 2.24) is 0 Å². The predicted molar refractivity (Wildman–Crippen MR) is 50.5 cm³/mol. The van der Waals surface area contributed by atoms with Gasteiger partial charge in [-0.05, 0) is 33.6 Å². The largest absolute Gasteiger partial charge is 0.444 e. The summed E-state index contributed by atoms with van der Waals surface area (Å²) in [7, 11) is 1.66. The molecule has 1 atom stereocenters. The first-order chi connectivity index (χ1) is 5.87. The van der Waals surface area contributed by atoms with Crippen LogP contribution in [0.25, 0.3) is 0 Å². The van der Waals surface area contributed by atoms with Crippen LogP contribution in [0.5, 0.6) is 0 Å². The Morgan fingerprint density at radius 1 is 1.54 bits per heavy atom. The van der Waals surface area contributed by atoms with Crippen LogP contribution in [0.3, 0.4) is 0 Å². The molecule has 0 aliphatic carbocycles. The van der Waals surface area contributed by atoms with Gasteiger partial charge in [0.25, 0.3) is 0 Å². The van der Waals surface area contributed by atoms with Crippen LogP contribution in [0.4, 0.5) is 4.79 Å². The number of hydrogen-bond acceptors (Lipinski definition) is 3. The van der Waals surface area contributed by atoms with E-state index in [2.05, 4.69) is 0 Å². The number of primary amides is 1. The van der Waals surface area contributed by atoms with Crippen molar-refractivity contribution in [2.45, 2.75) is 45.3 Å². The average Bonchev–Trinajstić information content (AvgIpc) is 1.98. The summed E-state index contributed by atoms with van der Waals surface area (Å²) in [6.45, 7) is 5.64. The molecule has 1 amide bonds. The van der Waals surface area contributed by atoms with Gasteiger partial charge in [-0.1, -0.05) is 0 Å². The van der Waals surface area contributed by atoms with Gasteiger partial charge in [0, 0.05) is 7.11 Å². The summed E-state index contributed by atoms with van der Waals surface area (Å²) >= 11 is 0. The fourth-order valence-corrected chi connectivity index (χ4v) is 0.992. The van der Waals surface area contributed by atoms with Crippen LogP contribution in [0.1, 0.15) is 33.6 Å². The second-order valence-electron chi connectivity index (χ2n) is 3.77. The first-order valence-corrected chi connectivity index (χ1v) is 4.38. The molecule has 0 saturated heterocycles. The number of nitrogens with two attached hydrogens (primary N) is 1. The van der Waals surface area contributed by atoms with Crippen LogP contribution in [0.2, 0.25) is 0 Å². The molecule has 4 nitrogen and oxygen atoms in total. The molecule has 0 aromatic rings. The third-order valence-corrected chi connectivity index (χ3v) is 1.93. The van der Waals surface area contributed by atoms with Crippen LogP contribution >= 0.6 is 0 Å². The number of ether oxygens (including phenoxy) is 2. The van der Waals surface area contributed by atoms with Gasteiger partial charge in [0.15, 0.2) is 0 Å². The molecule has 0 aromatic carbocycles. The molecule has 2 N–H and O–H groups in total. The summed E-state index contributed by atoms with van der Waals surface area (Å²) in [5.41, 5.74) is 4.42. The monoisotopic (exact) mass is 189 g/mol. The van der Waals surface area contributed by atoms with Gasteiger partial charge in [-0.15, -0.1) is 0 Å². The second-order valence-corrected chi connectivity index (χ2v) is 3.77. The smallest absolute Gasteiger partial charge is 0.405 e. The van der Waals surface area contributed by atoms with E-state index in [-0.39, 0.29) is 6.10 Å². The van der Waals surface area contributed by atoms with Crippen molar-refractivity contribution >= 4 is 6.09 Å². The highest BCUT2D eigenvalue weighted by Gasteiger charge is 2.22. The maximum absolute atomic E-state index is 10.5. The van der Waals surface area contributed by atoms with Crippen LogP contribution in [0, 0.1) is 0 Å². The highest BCUT2D eigenvalue weighted by atomic mass is 16.6. The maximum Gasteiger partial charge on any atom is 0.405 e. The van der Waals surface area contributed by atoms with Crippen molar-refractivity contribution in [3.05, 3.63) is 0 Å². The molecule has 0 aliphatic heterocycles. The van der Waals surface area contributed by atoms with E-state index in [4.69, 9.17) is 15.2 Å². The normalized spacial score (nSPS) is 13.8. The van der Waals surface area contributed by atoms with E-state index in [0.717, 1.165) is 12.8 Å². The highest BCUT2D eigenvalue weighted by molar-refractivity contribution is 5.65. The van der Waals surface area contributed by atoms with Crippen LogP contribution in [0.15, 0.2) is 0 Å². The van der Waals surface area contributed by atoms with Crippen molar-refractivity contribution in [3.8, 4) is 0 Å². The summed E-state index contributed by atoms with van der Waals surface area (Å²) in [6, 6.07) is 0. The lowest BCUT2D eigenvalue weighted by atomic mass is 10.0. The summed E-state index contributed by atoms with van der Waals surface area (Å²) in [5, 5.41) is 0. The fraction of sp³-hybridized carbons (Fsp3) is 0.889. The third kappa shape index (κ3) is 6.40. The zero-order valence-corrected chi connectivity index (χ0v) is 8.79. The van der Waals surface area contributed by atoms with Crippen molar-refractivity contribution in [1.29, 1.82) is 0 Å². The Morgan fingerprint density at radius 3 is 2.46 bits per heavy atom. The zero-order valence-electron chi connectivity index (χ0n) is 8.79. The number of hydrogen-bond donors (Lipinski definition) is 1. The van der Waals surface area contributed by atoms with Crippen molar-refractivity contribution in [3.63, 3.8) is 0 Å². The quantitative estimate of drug-likeness (QED) is 0.715. The summed E-state index contributed by atoms with van der Waals surface area (Å²) in [6.07, 6.45) is 1.03. The fourth-order valence-electron chi connectivity index (χ4n) is 0.992. The lowest BCUT2D eigenvalue weighted by Crippen LogP contribution is -2.32. The van der Waals surface area contributed by atoms with Gasteiger partial charge in [-0.25, -0.2) is 4.79 Å². The van der Waals surface area contributed by atoms with Gasteiger partial charge in [0.1, 0.15) is 5.60 Å². The van der Waals surface area contributed by atoms with Gasteiger partial charge in [-0.2, -0.15) is 0 Å². The van der Waals surface area contributed by atoms with E-state index in [1.54, 1.807) is 7.11 Å². The molecule has 0 bridgehead atoms. The topological polar surface area (TPSA) is 61.6 Å². The SMILES string of the molecule is CO[C@@H](C)CCC(C)(C)OC(N)=O. The molecule has 0 spiro atoms. The average molecular weight is 189 g/mol. The molecule has 0 rings (SSSR count). The second kappa shape index (κ2) is 5.07. The summed E-state index contributed by atoms with van der Waals surface area (Å²) in [4.78, 5) is 10.5. The zero-order chi connectivity index (χ0) is 10.5. The minimum absolute atomic E-state index is 0.177. The van der Waals surface area contributed by atoms with E-state index in [0.29, 0.717) is 0 Å². The molecular formula is C9H19NO3. The first-order valence-electron chi connectivity index (χ1n) is 4.38. The Morgan fingerprint density at radius 2 is 2.08 bits per heavy atom. The molecule has 78 valence electrons. The van der Waals surface area contributed by atoms with Crippen LogP contribution in [-0.2, 0) is 9.47 Å². The number of amides is 1. The van der Waals surface area contributed by atoms with Crippen LogP contribution in [-0.4, -0.2) is 24.9 Å². The van der Waals surface area contributed by atoms with Crippen molar-refractivity contribution in [2.75, 3.05) is 7.11 Å². The number of carbonyl (C=O) groups excluding carboxylic acids is 1. The molecule has 0 heterocycles. The predicted octanol–water partition coefficient (Wildman–Crippen LogP) is 1.68. The molecule has 0 fully saturated rings. The Labute approximate surface area is 79.4 Å². The van der Waals surface area contributed by atoms with E-state index in [1.807, 2.05) is 20.8 Å². The number of methoxy groups -OCH3 is 1. The highest BCUT2D eigenvalue weighted by Crippen LogP contribution is 2.18. The Kier molecular flexibility index (Phi) is 4.77. The van der Waals surface area contributed by atoms with Crippen molar-refractivity contribution in [2.24, 2.45) is 5.73 Å². The van der Waals surface area contributed by atoms with E-state index < -0.39 is 11.7 Å². The van der Waals surface area contributed by atoms with E-state index in [9.17, 15) is 4.79 Å². The molecule has 0 unspecified atom stereocenters. The Bertz CT molecular complexity index is 168. The molecule has 0 saturated carbocycles. The molecule has 4 heteroatoms. The summed E-state index contributed by atoms with van der Waals surface area (Å²) in [5.74, 6) is 0. The minimum Gasteiger partial charge on any atom is -0.444 e. The van der Waals surface area contributed by atoms with Gasteiger partial charge in [-0.3, -0.25) is 0 Å². The third-order valence-electron chi connectivity index (χ3n) is 1.93. The molecule has 0 radical (unpaired) electrons. The summed E-state index contributed by atoms with van der Waals surface area (Å²) < 4.78 is 9.99. The van der Waals surface area contributed by atoms with Crippen molar-refractivity contribution < 1.29 is 14.3 Å². The van der Waals surface area contributed by atoms with Crippen LogP contribution < -0.4 is 5.73 Å². The van der Waals surface area contributed by atoms with E-state index >= 15 is 0 Å². The molecule has 0 aliphatic rings. The maximum atomic E-state index is 10.5. The van der Waals surface area contributed by atoms with E-state index in [1.165, 1.54) is 0 Å². The van der Waals surface area contributed by atoms with Gasteiger partial charge in [0.2, 0.25) is 0 Å². The number of carbonyl (C=O) groups is 1. The molecule has 0 aromatic heterocycles. The Balaban J connectivity index is 3.81. The van der Waals surface area contributed by atoms with Gasteiger partial charge < -0.3 is 15.2 Å². The van der Waals surface area contributed by atoms with Gasteiger partial charge in [0.05, 0.1) is 6.10 Å². The van der Waals surface area contributed by atoms with Gasteiger partial charge >= 0.3 is 6.09 Å². The lowest BCUT2D eigenvalue weighted by Gasteiger charge is -2.25. The minimum atomic E-state index is -0.727. The lowest BCUT2D eigenvalue weighted by molar-refractivity contribution is 0.0212. The number of rotatable bonds is 5. The standard InChI is InChI=1S/C9H19NO3/c1-7(12-4)5-6-9(2,3)13-8(10)11/h7H,5-6H2,1-4H3,(H2,10,11)/t7-/m0/s1.